The minimum absolute atomic E-state index is 0.0332. The molecule has 0 radical (unpaired) electrons. The number of azo groups is 2. The molecule has 296 valence electrons. The number of sulfone groups is 1. The van der Waals surface area contributed by atoms with Gasteiger partial charge >= 0.3 is 16.4 Å². The Kier molecular flexibility index (Phi) is 14.4. The molecule has 55 heavy (non-hydrogen) atoms. The van der Waals surface area contributed by atoms with Gasteiger partial charge in [0.05, 0.1) is 58.7 Å². The van der Waals surface area contributed by atoms with Crippen LogP contribution in [0.5, 0.6) is 0 Å². The second-order valence-electron chi connectivity index (χ2n) is 10.3. The molecule has 0 aliphatic heterocycles. The van der Waals surface area contributed by atoms with Crippen molar-refractivity contribution in [1.29, 1.82) is 0 Å². The Hall–Kier alpha value is -4.56. The van der Waals surface area contributed by atoms with Crippen LogP contribution in [0, 0.1) is 0 Å². The van der Waals surface area contributed by atoms with Gasteiger partial charge in [-0.05, 0) is 47.9 Å². The van der Waals surface area contributed by atoms with Gasteiger partial charge < -0.3 is 16.6 Å². The topological polar surface area (TPSA) is 365 Å². The highest BCUT2D eigenvalue weighted by Gasteiger charge is 2.24. The first kappa shape index (κ1) is 43.2. The third-order valence-electron chi connectivity index (χ3n) is 6.63. The summed E-state index contributed by atoms with van der Waals surface area (Å²) in [6.45, 7) is -1.12. The Morgan fingerprint density at radius 2 is 1.55 bits per heavy atom. The van der Waals surface area contributed by atoms with E-state index in [9.17, 15) is 43.9 Å². The highest BCUT2D eigenvalue weighted by molar-refractivity contribution is 7.94. The summed E-state index contributed by atoms with van der Waals surface area (Å²) in [6, 6.07) is 12.5. The summed E-state index contributed by atoms with van der Waals surface area (Å²) in [6.07, 6.45) is 0. The van der Waals surface area contributed by atoms with Crippen LogP contribution in [0.2, 0.25) is 0 Å². The predicted molar refractivity (Wildman–Crippen MR) is 191 cm³/mol. The van der Waals surface area contributed by atoms with Gasteiger partial charge in [-0.15, -0.1) is 19.7 Å². The van der Waals surface area contributed by atoms with Crippen LogP contribution in [0.15, 0.2) is 95.8 Å². The molecule has 0 bridgehead atoms. The number of hydrogen-bond donors (Lipinski definition) is 6. The first-order valence-corrected chi connectivity index (χ1v) is 20.9. The third-order valence-corrected chi connectivity index (χ3v) is 11.0. The predicted octanol–water partition coefficient (Wildman–Crippen LogP) is 4.41. The lowest BCUT2D eigenvalue weighted by Gasteiger charge is -2.11. The summed E-state index contributed by atoms with van der Waals surface area (Å²) in [5, 5.41) is 37.2. The van der Waals surface area contributed by atoms with Crippen LogP contribution in [0.1, 0.15) is 10.4 Å². The maximum atomic E-state index is 12.6. The number of rotatable bonds is 19. The first-order valence-electron chi connectivity index (χ1n) is 14.4. The third kappa shape index (κ3) is 12.0. The number of hydrogen-bond acceptors (Lipinski definition) is 21. The minimum atomic E-state index is -5.01. The van der Waals surface area contributed by atoms with Crippen molar-refractivity contribution in [2.24, 2.45) is 20.5 Å². The molecule has 0 saturated heterocycles. The number of anilines is 2. The Labute approximate surface area is 317 Å². The molecule has 23 nitrogen and oxygen atoms in total. The molecule has 0 spiro atoms. The number of nitrogen functional groups attached to an aromatic ring is 2. The van der Waals surface area contributed by atoms with E-state index in [0.29, 0.717) is 16.9 Å². The average Bonchev–Trinajstić information content (AvgIpc) is 3.09. The summed E-state index contributed by atoms with van der Waals surface area (Å²) in [5.74, 6) is -2.74. The Bertz CT molecular complexity index is 2520. The lowest BCUT2D eigenvalue weighted by atomic mass is 10.1. The van der Waals surface area contributed by atoms with Gasteiger partial charge in [-0.1, -0.05) is 23.2 Å². The first-order chi connectivity index (χ1) is 25.8. The van der Waals surface area contributed by atoms with Crippen LogP contribution < -0.4 is 11.5 Å². The second-order valence-corrected chi connectivity index (χ2v) is 16.8. The summed E-state index contributed by atoms with van der Waals surface area (Å²) in [7, 11) is -14.1. The highest BCUT2D eigenvalue weighted by atomic mass is 32.3. The zero-order valence-electron chi connectivity index (χ0n) is 27.2. The molecule has 0 fully saturated rings. The number of nitrogens with two attached hydrogens (primary N) is 2. The van der Waals surface area contributed by atoms with E-state index in [1.54, 1.807) is 0 Å². The van der Waals surface area contributed by atoms with E-state index in [1.165, 1.54) is 36.4 Å². The van der Waals surface area contributed by atoms with E-state index in [1.807, 2.05) is 0 Å². The number of nitrogens with zero attached hydrogens (tertiary/aromatic N) is 4. The highest BCUT2D eigenvalue weighted by Crippen LogP contribution is 2.42. The van der Waals surface area contributed by atoms with Crippen molar-refractivity contribution < 1.29 is 76.5 Å². The molecule has 1 unspecified atom stereocenters. The van der Waals surface area contributed by atoms with E-state index in [0.717, 1.165) is 24.3 Å². The van der Waals surface area contributed by atoms with Gasteiger partial charge in [-0.2, -0.15) is 26.3 Å². The van der Waals surface area contributed by atoms with E-state index in [4.69, 9.17) is 30.5 Å². The molecule has 28 heteroatoms. The number of carboxylic acids is 1. The van der Waals surface area contributed by atoms with Crippen molar-refractivity contribution in [3.63, 3.8) is 0 Å². The quantitative estimate of drug-likeness (QED) is 0.0144. The van der Waals surface area contributed by atoms with Gasteiger partial charge in [0.25, 0.3) is 10.1 Å². The van der Waals surface area contributed by atoms with Crippen molar-refractivity contribution in [1.82, 2.24) is 0 Å². The number of carbonyl (C=O) groups is 1. The van der Waals surface area contributed by atoms with Crippen LogP contribution in [0.3, 0.4) is 0 Å². The standard InChI is InChI=1S/C27H26N6O17S5/c28-20-14-21(29)25(23(27(34)35)24(20)32-30-16-2-1-3-18(13-16)53(38,39)11-9-47-55(43,44)45)33-31-22-7-4-15-12-17(5-6-19(15)26(22)54(40,41)42)51-49-46-8-10-52(37)50-48-36/h1-7,12-14,36H,8-11,28-29H2,(H,34,35)(H,40,41,42)(H,43,44,45). The lowest BCUT2D eigenvalue weighted by Crippen LogP contribution is -2.15. The van der Waals surface area contributed by atoms with Gasteiger partial charge in [0.1, 0.15) is 27.5 Å². The van der Waals surface area contributed by atoms with Gasteiger partial charge in [-0.25, -0.2) is 31.7 Å². The molecule has 0 aromatic heterocycles. The molecule has 4 aromatic rings. The summed E-state index contributed by atoms with van der Waals surface area (Å²) >= 11 is -1.32. The van der Waals surface area contributed by atoms with Crippen molar-refractivity contribution >= 4 is 104 Å². The molecule has 4 aromatic carbocycles. The second kappa shape index (κ2) is 18.4. The van der Waals surface area contributed by atoms with Crippen molar-refractivity contribution in [3.05, 3.63) is 66.2 Å². The largest absolute Gasteiger partial charge is 0.478 e. The lowest BCUT2D eigenvalue weighted by molar-refractivity contribution is -0.435. The van der Waals surface area contributed by atoms with Crippen LogP contribution in [-0.4, -0.2) is 79.6 Å². The Morgan fingerprint density at radius 1 is 0.855 bits per heavy atom. The summed E-state index contributed by atoms with van der Waals surface area (Å²) in [4.78, 5) is 16.6. The van der Waals surface area contributed by atoms with Crippen molar-refractivity contribution in [3.8, 4) is 0 Å². The molecule has 0 saturated carbocycles. The molecule has 0 amide bonds. The number of benzene rings is 4. The molecular formula is C27H26N6O17S5. The number of carboxylic acid groups (broad SMARTS) is 1. The Morgan fingerprint density at radius 3 is 2.18 bits per heavy atom. The minimum Gasteiger partial charge on any atom is -0.478 e. The molecule has 8 N–H and O–H groups in total. The number of aromatic carboxylic acids is 1. The number of fused-ring (bicyclic) bond motifs is 1. The van der Waals surface area contributed by atoms with Crippen LogP contribution in [0.25, 0.3) is 10.8 Å². The fraction of sp³-hybridized carbons (Fsp3) is 0.148. The van der Waals surface area contributed by atoms with Crippen LogP contribution in [-0.2, 0) is 64.2 Å². The SMILES string of the molecule is Nc1cc(N)c(N=Nc2ccc3cc(SOOCCS(=O)OOO)ccc3c2S(=O)(=O)O)c(C(=O)O)c1N=Nc1cccc(S(=O)(=O)CCOS(=O)(=O)O)c1. The van der Waals surface area contributed by atoms with Crippen LogP contribution in [0.4, 0.5) is 34.1 Å². The van der Waals surface area contributed by atoms with Gasteiger partial charge in [-0.3, -0.25) is 9.11 Å². The maximum Gasteiger partial charge on any atom is 0.397 e. The van der Waals surface area contributed by atoms with Gasteiger partial charge in [0.2, 0.25) is 0 Å². The van der Waals surface area contributed by atoms with Gasteiger partial charge in [0.15, 0.2) is 20.9 Å². The smallest absolute Gasteiger partial charge is 0.397 e. The fourth-order valence-electron chi connectivity index (χ4n) is 4.38. The average molecular weight is 867 g/mol. The molecule has 1 atom stereocenters. The normalized spacial score (nSPS) is 13.2. The van der Waals surface area contributed by atoms with Crippen molar-refractivity contribution in [2.45, 2.75) is 14.7 Å². The fourth-order valence-corrected chi connectivity index (χ4v) is 7.57. The molecule has 0 aliphatic rings. The summed E-state index contributed by atoms with van der Waals surface area (Å²) < 4.78 is 115. The monoisotopic (exact) mass is 866 g/mol. The van der Waals surface area contributed by atoms with E-state index < -0.39 is 87.3 Å². The van der Waals surface area contributed by atoms with Crippen LogP contribution >= 0.6 is 12.0 Å². The van der Waals surface area contributed by atoms with E-state index >= 15 is 0 Å². The molecule has 4 rings (SSSR count). The van der Waals surface area contributed by atoms with E-state index in [2.05, 4.69) is 34.0 Å². The molecular weight excluding hydrogens is 841 g/mol. The van der Waals surface area contributed by atoms with Gasteiger partial charge in [0, 0.05) is 10.3 Å². The zero-order chi connectivity index (χ0) is 40.6. The molecule has 0 aliphatic carbocycles. The summed E-state index contributed by atoms with van der Waals surface area (Å²) in [5.41, 5.74) is 9.03. The van der Waals surface area contributed by atoms with E-state index in [-0.39, 0.29) is 45.1 Å². The zero-order valence-corrected chi connectivity index (χ0v) is 31.3. The maximum absolute atomic E-state index is 12.6. The Balaban J connectivity index is 1.65. The molecule has 0 heterocycles. The van der Waals surface area contributed by atoms with Crippen molar-refractivity contribution in [2.75, 3.05) is 36.2 Å².